The second kappa shape index (κ2) is 12.0. The number of amides is 2. The highest BCUT2D eigenvalue weighted by Crippen LogP contribution is 2.25. The number of halogens is 2. The summed E-state index contributed by atoms with van der Waals surface area (Å²) in [5.41, 5.74) is -0.947. The molecule has 4 aromatic rings. The molecule has 4 N–H and O–H groups in total. The van der Waals surface area contributed by atoms with Gasteiger partial charge in [-0.15, -0.1) is 11.3 Å². The van der Waals surface area contributed by atoms with Crippen molar-refractivity contribution in [3.05, 3.63) is 79.5 Å². The number of benzene rings is 2. The molecular formula is C26H26ClFN6O5S2. The number of aromatic amines is 1. The van der Waals surface area contributed by atoms with Gasteiger partial charge in [0, 0.05) is 17.9 Å². The molecule has 0 radical (unpaired) electrons. The van der Waals surface area contributed by atoms with Gasteiger partial charge in [0.2, 0.25) is 0 Å². The summed E-state index contributed by atoms with van der Waals surface area (Å²) in [5, 5.41) is 5.70. The maximum atomic E-state index is 15.1. The van der Waals surface area contributed by atoms with Gasteiger partial charge in [0.1, 0.15) is 10.0 Å². The Labute approximate surface area is 243 Å². The first kappa shape index (κ1) is 28.8. The molecule has 1 fully saturated rings. The standard InChI is InChI=1S/C26H26ClFN6O5S2/c27-22-8-9-23(40-22)41(38,39)32-25(36)30-17-5-7-21(19(28)14-17)34-24(35)18-6-4-16(15-20(18)31-26(34)37)29-10-3-13-33-11-1-2-12-33/h4-9,14-15,29H,1-3,10-13H2,(H,31,37)(H2,30,32,36). The third-order valence-corrected chi connectivity index (χ3v) is 9.62. The van der Waals surface area contributed by atoms with Crippen LogP contribution in [-0.2, 0) is 10.0 Å². The molecule has 1 saturated heterocycles. The van der Waals surface area contributed by atoms with Crippen molar-refractivity contribution in [3.8, 4) is 5.69 Å². The highest BCUT2D eigenvalue weighted by atomic mass is 35.5. The van der Waals surface area contributed by atoms with Crippen molar-refractivity contribution in [2.45, 2.75) is 23.5 Å². The molecule has 2 aromatic heterocycles. The quantitative estimate of drug-likeness (QED) is 0.207. The lowest BCUT2D eigenvalue weighted by molar-refractivity contribution is 0.256. The number of aromatic nitrogens is 2. The van der Waals surface area contributed by atoms with Crippen LogP contribution in [0.5, 0.6) is 0 Å². The average molecular weight is 621 g/mol. The van der Waals surface area contributed by atoms with Crippen LogP contribution in [0, 0.1) is 5.82 Å². The summed E-state index contributed by atoms with van der Waals surface area (Å²) in [6.07, 6.45) is 3.44. The smallest absolute Gasteiger partial charge is 0.333 e. The van der Waals surface area contributed by atoms with Gasteiger partial charge in [-0.05, 0) is 87.4 Å². The number of urea groups is 1. The molecule has 1 aliphatic rings. The Morgan fingerprint density at radius 3 is 2.51 bits per heavy atom. The molecular weight excluding hydrogens is 595 g/mol. The zero-order valence-electron chi connectivity index (χ0n) is 21.6. The number of thiophene rings is 1. The number of carbonyl (C=O) groups is 1. The number of likely N-dealkylation sites (tertiary alicyclic amines) is 1. The van der Waals surface area contributed by atoms with Crippen molar-refractivity contribution in [3.63, 3.8) is 0 Å². The SMILES string of the molecule is O=C(Nc1ccc(-n2c(=O)[nH]c3cc(NCCCN4CCCC4)ccc3c2=O)c(F)c1)NS(=O)(=O)c1ccc(Cl)s1. The predicted molar refractivity (Wildman–Crippen MR) is 158 cm³/mol. The van der Waals surface area contributed by atoms with Crippen LogP contribution in [-0.4, -0.2) is 55.1 Å². The van der Waals surface area contributed by atoms with E-state index in [4.69, 9.17) is 11.6 Å². The van der Waals surface area contributed by atoms with Crippen molar-refractivity contribution >= 4 is 61.3 Å². The van der Waals surface area contributed by atoms with Crippen molar-refractivity contribution < 1.29 is 17.6 Å². The number of H-pyrrole nitrogens is 1. The topological polar surface area (TPSA) is 145 Å². The van der Waals surface area contributed by atoms with Gasteiger partial charge in [-0.3, -0.25) is 4.79 Å². The van der Waals surface area contributed by atoms with Crippen LogP contribution in [0.25, 0.3) is 16.6 Å². The first-order valence-corrected chi connectivity index (χ1v) is 15.4. The third kappa shape index (κ3) is 6.62. The molecule has 216 valence electrons. The number of carbonyl (C=O) groups excluding carboxylic acids is 1. The summed E-state index contributed by atoms with van der Waals surface area (Å²) in [7, 11) is -4.18. The zero-order valence-corrected chi connectivity index (χ0v) is 24.0. The minimum absolute atomic E-state index is 0.103. The summed E-state index contributed by atoms with van der Waals surface area (Å²) < 4.78 is 42.2. The van der Waals surface area contributed by atoms with E-state index in [0.717, 1.165) is 61.8 Å². The number of rotatable bonds is 9. The number of nitrogens with one attached hydrogen (secondary N) is 4. The Hall–Kier alpha value is -3.72. The van der Waals surface area contributed by atoms with Gasteiger partial charge < -0.3 is 20.5 Å². The molecule has 2 aromatic carbocycles. The largest absolute Gasteiger partial charge is 0.385 e. The highest BCUT2D eigenvalue weighted by molar-refractivity contribution is 7.92. The summed E-state index contributed by atoms with van der Waals surface area (Å²) in [6, 6.07) is 9.67. The van der Waals surface area contributed by atoms with E-state index in [-0.39, 0.29) is 25.3 Å². The maximum absolute atomic E-state index is 15.1. The van der Waals surface area contributed by atoms with Crippen molar-refractivity contribution in [2.24, 2.45) is 0 Å². The van der Waals surface area contributed by atoms with E-state index in [1.807, 2.05) is 0 Å². The molecule has 0 bridgehead atoms. The van der Waals surface area contributed by atoms with Crippen molar-refractivity contribution in [1.29, 1.82) is 0 Å². The summed E-state index contributed by atoms with van der Waals surface area (Å²) in [6.45, 7) is 4.02. The van der Waals surface area contributed by atoms with Gasteiger partial charge in [0.05, 0.1) is 20.9 Å². The minimum Gasteiger partial charge on any atom is -0.385 e. The molecule has 0 unspecified atom stereocenters. The fourth-order valence-electron chi connectivity index (χ4n) is 4.63. The number of fused-ring (bicyclic) bond motifs is 1. The average Bonchev–Trinajstić information content (AvgIpc) is 3.59. The Morgan fingerprint density at radius 1 is 1.05 bits per heavy atom. The number of hydrogen-bond donors (Lipinski definition) is 4. The van der Waals surface area contributed by atoms with E-state index in [1.165, 1.54) is 31.0 Å². The van der Waals surface area contributed by atoms with E-state index in [2.05, 4.69) is 20.5 Å². The molecule has 0 spiro atoms. The van der Waals surface area contributed by atoms with E-state index in [1.54, 1.807) is 22.9 Å². The van der Waals surface area contributed by atoms with Gasteiger partial charge in [-0.25, -0.2) is 31.7 Å². The van der Waals surface area contributed by atoms with Crippen LogP contribution in [0.15, 0.2) is 62.3 Å². The first-order valence-electron chi connectivity index (χ1n) is 12.7. The van der Waals surface area contributed by atoms with E-state index >= 15 is 4.39 Å². The molecule has 3 heterocycles. The van der Waals surface area contributed by atoms with Crippen LogP contribution in [0.4, 0.5) is 20.6 Å². The number of anilines is 2. The Morgan fingerprint density at radius 2 is 1.80 bits per heavy atom. The van der Waals surface area contributed by atoms with Gasteiger partial charge in [-0.2, -0.15) is 0 Å². The fraction of sp³-hybridized carbons (Fsp3) is 0.269. The minimum atomic E-state index is -4.18. The van der Waals surface area contributed by atoms with Crippen molar-refractivity contribution in [1.82, 2.24) is 19.2 Å². The third-order valence-electron chi connectivity index (χ3n) is 6.56. The molecule has 0 saturated carbocycles. The van der Waals surface area contributed by atoms with Gasteiger partial charge in [-0.1, -0.05) is 11.6 Å². The second-order valence-electron chi connectivity index (χ2n) is 9.44. The van der Waals surface area contributed by atoms with Gasteiger partial charge >= 0.3 is 11.7 Å². The molecule has 11 nitrogen and oxygen atoms in total. The predicted octanol–water partition coefficient (Wildman–Crippen LogP) is 3.94. The first-order chi connectivity index (χ1) is 19.6. The number of hydrogen-bond acceptors (Lipinski definition) is 8. The maximum Gasteiger partial charge on any atom is 0.333 e. The van der Waals surface area contributed by atoms with E-state index < -0.39 is 33.1 Å². The van der Waals surface area contributed by atoms with Gasteiger partial charge in [0.15, 0.2) is 0 Å². The highest BCUT2D eigenvalue weighted by Gasteiger charge is 2.21. The normalized spacial score (nSPS) is 13.9. The number of nitrogens with zero attached hydrogens (tertiary/aromatic N) is 2. The fourth-order valence-corrected chi connectivity index (χ4v) is 7.02. The van der Waals surface area contributed by atoms with Crippen LogP contribution in [0.1, 0.15) is 19.3 Å². The lowest BCUT2D eigenvalue weighted by atomic mass is 10.2. The van der Waals surface area contributed by atoms with E-state index in [0.29, 0.717) is 10.1 Å². The molecule has 2 amide bonds. The monoisotopic (exact) mass is 620 g/mol. The van der Waals surface area contributed by atoms with Crippen LogP contribution >= 0.6 is 22.9 Å². The molecule has 0 aliphatic carbocycles. The molecule has 15 heteroatoms. The summed E-state index contributed by atoms with van der Waals surface area (Å²) >= 11 is 6.51. The van der Waals surface area contributed by atoms with Crippen LogP contribution < -0.4 is 26.6 Å². The lowest BCUT2D eigenvalue weighted by Gasteiger charge is -2.15. The van der Waals surface area contributed by atoms with E-state index in [9.17, 15) is 22.8 Å². The molecule has 0 atom stereocenters. The Bertz CT molecular complexity index is 1830. The molecule has 41 heavy (non-hydrogen) atoms. The Kier molecular flexibility index (Phi) is 8.45. The van der Waals surface area contributed by atoms with Crippen molar-refractivity contribution in [2.75, 3.05) is 36.8 Å². The second-order valence-corrected chi connectivity index (χ2v) is 13.1. The Balaban J connectivity index is 1.29. The number of sulfonamides is 1. The summed E-state index contributed by atoms with van der Waals surface area (Å²) in [4.78, 5) is 43.3. The van der Waals surface area contributed by atoms with Gasteiger partial charge in [0.25, 0.3) is 15.6 Å². The molecule has 5 rings (SSSR count). The summed E-state index contributed by atoms with van der Waals surface area (Å²) in [5.74, 6) is -0.987. The zero-order chi connectivity index (χ0) is 29.1. The molecule has 1 aliphatic heterocycles. The van der Waals surface area contributed by atoms with Crippen LogP contribution in [0.3, 0.4) is 0 Å². The lowest BCUT2D eigenvalue weighted by Crippen LogP contribution is -2.35. The van der Waals surface area contributed by atoms with Crippen LogP contribution in [0.2, 0.25) is 4.34 Å².